The third-order valence-corrected chi connectivity index (χ3v) is 10.1. The number of alkyl halides is 2. The van der Waals surface area contributed by atoms with Crippen LogP contribution in [0.1, 0.15) is 212 Å². The quantitative estimate of drug-likeness (QED) is 0.0128. The number of benzene rings is 2. The van der Waals surface area contributed by atoms with E-state index in [4.69, 9.17) is 62.9 Å². The molecule has 1 aliphatic heterocycles. The largest absolute Gasteiger partial charge is 0.458 e. The molecule has 0 aromatic heterocycles. The maximum Gasteiger partial charge on any atom is 0.338 e. The minimum absolute atomic E-state index is 0. The van der Waals surface area contributed by atoms with E-state index >= 15 is 0 Å². The first kappa shape index (κ1) is 94.7. The monoisotopic (exact) mass is 1310 g/mol. The first-order valence-corrected chi connectivity index (χ1v) is 30.1. The molecule has 5 amide bonds. The van der Waals surface area contributed by atoms with Crippen molar-refractivity contribution in [2.75, 3.05) is 17.8 Å². The Hall–Kier alpha value is -5.38. The van der Waals surface area contributed by atoms with E-state index in [1.807, 2.05) is 134 Å². The summed E-state index contributed by atoms with van der Waals surface area (Å²) in [6.07, 6.45) is -0.495. The number of ether oxygens (including phenoxy) is 3. The van der Waals surface area contributed by atoms with Gasteiger partial charge in [-0.2, -0.15) is 0 Å². The number of aliphatic hydroxyl groups excluding tert-OH is 1. The standard InChI is InChI=1S/C18H23NO5.C17H26N2O3.C15H29NO4.C10H21NO3.CH2Cl2.CH4O.CH4.H4N2.H2O/c1-11(2)10-14(17(22)23-18(3,4)5)24-19-15(20)12-8-6-7-9-13(12)16(19)21;1-12(2)10-15(22-19-16(20)11-13(3)4)17(21)18-14-8-6-5-7-9-14;1-10(2)8-12(14(18)19-15(5,6)7)20-16-13(17)9-11(3)4;1-7(2)6-8(14-11)9(12)13-10(3,4)5;2-1-3;1-2;;1-2;/h6-9,11,14H,10H2,1-5H3;5-9,12-13,15H,10-11H2,1-4H3,(H,18,21)(H,19,20);10-12H,8-9H2,1-7H3,(H,16,17);7-8H,6,11H2,1-5H3;1H2;2H,1H3;1H4;1-2H2;1H2/t14-;15-;12-;8-;;;;;/m1111...../s1. The molecule has 12 N–H and O–H groups in total. The van der Waals surface area contributed by atoms with Crippen LogP contribution in [0.3, 0.4) is 0 Å². The van der Waals surface area contributed by atoms with Crippen molar-refractivity contribution in [2.24, 2.45) is 53.1 Å². The Labute approximate surface area is 541 Å². The summed E-state index contributed by atoms with van der Waals surface area (Å²) in [6.45, 7) is 39.7. The summed E-state index contributed by atoms with van der Waals surface area (Å²) in [4.78, 5) is 117. The van der Waals surface area contributed by atoms with Crippen LogP contribution in [0.15, 0.2) is 54.6 Å². The predicted molar refractivity (Wildman–Crippen MR) is 350 cm³/mol. The number of imide groups is 1. The molecule has 0 bridgehead atoms. The molecular weight excluding hydrogens is 1200 g/mol. The third-order valence-electron chi connectivity index (χ3n) is 10.1. The van der Waals surface area contributed by atoms with Crippen LogP contribution >= 0.6 is 23.2 Å². The molecule has 0 aliphatic carbocycles. The number of hydrogen-bond acceptors (Lipinski definition) is 19. The van der Waals surface area contributed by atoms with Crippen molar-refractivity contribution in [2.45, 2.75) is 233 Å². The van der Waals surface area contributed by atoms with Gasteiger partial charge in [0.05, 0.1) is 16.5 Å². The molecule has 3 rings (SSSR count). The van der Waals surface area contributed by atoms with Crippen LogP contribution in [0.4, 0.5) is 5.69 Å². The molecule has 1 aliphatic rings. The van der Waals surface area contributed by atoms with Crippen LogP contribution in [0.25, 0.3) is 0 Å². The number of para-hydroxylation sites is 1. The van der Waals surface area contributed by atoms with Crippen molar-refractivity contribution in [1.82, 2.24) is 16.0 Å². The summed E-state index contributed by atoms with van der Waals surface area (Å²) in [6, 6.07) is 15.7. The average molecular weight is 1310 g/mol. The zero-order chi connectivity index (χ0) is 68.6. The maximum absolute atomic E-state index is 12.4. The number of halogens is 2. The fourth-order valence-electron chi connectivity index (χ4n) is 6.84. The molecule has 0 radical (unpaired) electrons. The molecular formula is C63H115Cl2N7O17. The first-order valence-electron chi connectivity index (χ1n) is 29.0. The normalized spacial score (nSPS) is 12.9. The smallest absolute Gasteiger partial charge is 0.338 e. The van der Waals surface area contributed by atoms with E-state index in [1.54, 1.807) is 65.8 Å². The van der Waals surface area contributed by atoms with Gasteiger partial charge in [-0.05, 0) is 148 Å². The summed E-state index contributed by atoms with van der Waals surface area (Å²) in [5.74, 6) is 11.3. The lowest BCUT2D eigenvalue weighted by Gasteiger charge is -2.26. The van der Waals surface area contributed by atoms with Gasteiger partial charge in [-0.25, -0.2) is 36.1 Å². The number of hydroxylamine groups is 4. The van der Waals surface area contributed by atoms with E-state index < -0.39 is 70.9 Å². The lowest BCUT2D eigenvalue weighted by atomic mass is 10.1. The molecule has 0 saturated carbocycles. The van der Waals surface area contributed by atoms with Crippen LogP contribution in [-0.2, 0) is 62.3 Å². The second-order valence-corrected chi connectivity index (χ2v) is 26.0. The molecule has 4 atom stereocenters. The Bertz CT molecular complexity index is 2240. The van der Waals surface area contributed by atoms with E-state index in [-0.39, 0.29) is 76.7 Å². The number of anilines is 1. The van der Waals surface area contributed by atoms with Gasteiger partial charge in [0.2, 0.25) is 11.8 Å². The zero-order valence-electron chi connectivity index (χ0n) is 56.4. The number of esters is 3. The fraction of sp³-hybridized carbons (Fsp3) is 0.683. The number of carbonyl (C=O) groups is 8. The third kappa shape index (κ3) is 49.1. The number of rotatable bonds is 24. The van der Waals surface area contributed by atoms with Gasteiger partial charge >= 0.3 is 17.9 Å². The SMILES string of the molecule is C.CC(C)CC(=O)NO[C@H](CC(C)C)C(=O)Nc1ccccc1.CC(C)CC(=O)NO[C@H](CC(C)C)C(=O)OC(C)(C)C.CC(C)C[C@@H](ON)C(=O)OC(C)(C)C.CC(C)C[C@@H](ON1C(=O)c2ccccc2C1=O)C(=O)OC(C)(C)C.CO.ClCCl.NN.O. The van der Waals surface area contributed by atoms with E-state index in [1.165, 1.54) is 0 Å². The lowest BCUT2D eigenvalue weighted by Crippen LogP contribution is -2.41. The number of carbonyl (C=O) groups excluding carboxylic acids is 8. The van der Waals surface area contributed by atoms with E-state index in [9.17, 15) is 38.4 Å². The highest BCUT2D eigenvalue weighted by Crippen LogP contribution is 2.26. The van der Waals surface area contributed by atoms with E-state index in [2.05, 4.69) is 32.8 Å². The highest BCUT2D eigenvalue weighted by molar-refractivity contribution is 6.40. The van der Waals surface area contributed by atoms with Gasteiger partial charge in [-0.3, -0.25) is 50.2 Å². The topological polar surface area (TPSA) is 370 Å². The zero-order valence-corrected chi connectivity index (χ0v) is 57.9. The van der Waals surface area contributed by atoms with Crippen molar-refractivity contribution >= 4 is 76.3 Å². The fourth-order valence-corrected chi connectivity index (χ4v) is 6.84. The van der Waals surface area contributed by atoms with Crippen molar-refractivity contribution in [3.05, 3.63) is 65.7 Å². The molecule has 0 saturated heterocycles. The van der Waals surface area contributed by atoms with E-state index in [0.717, 1.165) is 7.11 Å². The van der Waals surface area contributed by atoms with Gasteiger partial charge in [-0.1, -0.05) is 121 Å². The van der Waals surface area contributed by atoms with Crippen LogP contribution in [0.2, 0.25) is 0 Å². The molecule has 0 unspecified atom stereocenters. The maximum atomic E-state index is 12.4. The highest BCUT2D eigenvalue weighted by Gasteiger charge is 2.41. The Kier molecular flexibility index (Phi) is 53.5. The van der Waals surface area contributed by atoms with Gasteiger partial charge in [-0.15, -0.1) is 28.3 Å². The number of hydrogen-bond donors (Lipinski definition) is 7. The Morgan fingerprint density at radius 1 is 0.506 bits per heavy atom. The highest BCUT2D eigenvalue weighted by atomic mass is 35.5. The molecule has 0 fully saturated rings. The Morgan fingerprint density at radius 2 is 0.798 bits per heavy atom. The molecule has 0 spiro atoms. The Morgan fingerprint density at radius 3 is 1.12 bits per heavy atom. The minimum Gasteiger partial charge on any atom is -0.458 e. The number of nitrogens with one attached hydrogen (secondary N) is 3. The summed E-state index contributed by atoms with van der Waals surface area (Å²) < 4.78 is 15.8. The van der Waals surface area contributed by atoms with Gasteiger partial charge in [0, 0.05) is 25.6 Å². The van der Waals surface area contributed by atoms with Crippen molar-refractivity contribution in [3.63, 3.8) is 0 Å². The summed E-state index contributed by atoms with van der Waals surface area (Å²) in [5, 5.41) is 10.7. The molecule has 89 heavy (non-hydrogen) atoms. The van der Waals surface area contributed by atoms with E-state index in [0.29, 0.717) is 55.2 Å². The van der Waals surface area contributed by atoms with Crippen LogP contribution in [0.5, 0.6) is 0 Å². The van der Waals surface area contributed by atoms with Crippen LogP contribution in [0, 0.1) is 35.5 Å². The molecule has 26 heteroatoms. The summed E-state index contributed by atoms with van der Waals surface area (Å²) in [5.41, 5.74) is 4.24. The second kappa shape index (κ2) is 50.3. The van der Waals surface area contributed by atoms with Gasteiger partial charge < -0.3 is 30.1 Å². The summed E-state index contributed by atoms with van der Waals surface area (Å²) in [7, 11) is 1.00. The number of aliphatic hydroxyl groups is 1. The lowest BCUT2D eigenvalue weighted by molar-refractivity contribution is -0.191. The predicted octanol–water partition coefficient (Wildman–Crippen LogP) is 10.2. The van der Waals surface area contributed by atoms with Gasteiger partial charge in [0.1, 0.15) is 16.8 Å². The second-order valence-electron chi connectivity index (χ2n) is 25.2. The molecule has 2 aromatic rings. The summed E-state index contributed by atoms with van der Waals surface area (Å²) >= 11 is 9.53. The van der Waals surface area contributed by atoms with Crippen molar-refractivity contribution in [3.8, 4) is 0 Å². The molecule has 24 nitrogen and oxygen atoms in total. The van der Waals surface area contributed by atoms with Gasteiger partial charge in [0.15, 0.2) is 24.4 Å². The van der Waals surface area contributed by atoms with Gasteiger partial charge in [0.25, 0.3) is 17.7 Å². The number of amides is 5. The minimum atomic E-state index is -1.02. The average Bonchev–Trinajstić information content (AvgIpc) is 2.36. The number of nitrogens with two attached hydrogens (primary N) is 3. The Balaban J connectivity index is -0.000000251. The van der Waals surface area contributed by atoms with Crippen LogP contribution in [-0.4, -0.2) is 117 Å². The van der Waals surface area contributed by atoms with Crippen LogP contribution < -0.4 is 33.9 Å². The molecule has 518 valence electrons. The number of nitrogens with zero attached hydrogens (tertiary/aromatic N) is 1. The molecule has 2 aromatic carbocycles. The van der Waals surface area contributed by atoms with Crippen molar-refractivity contribution in [1.29, 1.82) is 0 Å². The number of hydrazine groups is 1. The van der Waals surface area contributed by atoms with Crippen molar-refractivity contribution < 1.29 is 82.5 Å². The molecule has 1 heterocycles. The first-order chi connectivity index (χ1) is 40.2. The number of fused-ring (bicyclic) bond motifs is 1.